The van der Waals surface area contributed by atoms with Crippen LogP contribution in [0.1, 0.15) is 37.4 Å². The maximum absolute atomic E-state index is 10.9. The Morgan fingerprint density at radius 2 is 2.00 bits per heavy atom. The topological polar surface area (TPSA) is 74.6 Å². The number of fused-ring (bicyclic) bond motifs is 1. The first-order valence-electron chi connectivity index (χ1n) is 8.70. The Kier molecular flexibility index (Phi) is 9.55. The van der Waals surface area contributed by atoms with Crippen molar-refractivity contribution in [1.82, 2.24) is 10.3 Å². The van der Waals surface area contributed by atoms with Gasteiger partial charge in [0.15, 0.2) is 0 Å². The number of nitrogens with zero attached hydrogens (tertiary/aromatic N) is 1. The van der Waals surface area contributed by atoms with Crippen molar-refractivity contribution < 1.29 is 14.9 Å². The molecule has 152 valence electrons. The molecular formula is C19H27Cl3N2O3. The van der Waals surface area contributed by atoms with Gasteiger partial charge in [0.05, 0.1) is 23.8 Å². The monoisotopic (exact) mass is 436 g/mol. The summed E-state index contributed by atoms with van der Waals surface area (Å²) < 4.78 is 5.29. The lowest BCUT2D eigenvalue weighted by Gasteiger charge is -2.36. The van der Waals surface area contributed by atoms with Crippen molar-refractivity contribution in [2.24, 2.45) is 5.41 Å². The molecule has 1 aliphatic heterocycles. The van der Waals surface area contributed by atoms with Gasteiger partial charge in [-0.3, -0.25) is 4.98 Å². The van der Waals surface area contributed by atoms with Gasteiger partial charge in [-0.2, -0.15) is 0 Å². The number of benzene rings is 1. The molecule has 1 aliphatic rings. The van der Waals surface area contributed by atoms with E-state index in [9.17, 15) is 10.2 Å². The van der Waals surface area contributed by atoms with E-state index < -0.39 is 6.10 Å². The van der Waals surface area contributed by atoms with E-state index >= 15 is 0 Å². The van der Waals surface area contributed by atoms with Crippen LogP contribution in [0.25, 0.3) is 10.9 Å². The second-order valence-electron chi connectivity index (χ2n) is 6.87. The highest BCUT2D eigenvalue weighted by molar-refractivity contribution is 6.32. The van der Waals surface area contributed by atoms with Crippen LogP contribution in [0.4, 0.5) is 0 Å². The first-order chi connectivity index (χ1) is 12.1. The highest BCUT2D eigenvalue weighted by Gasteiger charge is 2.32. The SMILES string of the molecule is COc1ccc2ncc(Cl)c([C@H](O)CCC3(CO)CCNCC3)c2c1.Cl.Cl. The number of rotatable bonds is 6. The number of aliphatic hydroxyl groups excluding tert-OH is 2. The molecule has 27 heavy (non-hydrogen) atoms. The molecular weight excluding hydrogens is 411 g/mol. The van der Waals surface area contributed by atoms with Gasteiger partial charge in [0.1, 0.15) is 5.75 Å². The van der Waals surface area contributed by atoms with Crippen LogP contribution in [-0.4, -0.2) is 42.0 Å². The molecule has 1 atom stereocenters. The van der Waals surface area contributed by atoms with Crippen molar-refractivity contribution in [3.63, 3.8) is 0 Å². The van der Waals surface area contributed by atoms with Crippen LogP contribution >= 0.6 is 36.4 Å². The largest absolute Gasteiger partial charge is 0.497 e. The van der Waals surface area contributed by atoms with Gasteiger partial charge in [-0.05, 0) is 62.4 Å². The molecule has 2 heterocycles. The average Bonchev–Trinajstić information content (AvgIpc) is 2.66. The molecule has 0 spiro atoms. The smallest absolute Gasteiger partial charge is 0.119 e. The lowest BCUT2D eigenvalue weighted by molar-refractivity contribution is 0.0581. The molecule has 0 radical (unpaired) electrons. The second kappa shape index (κ2) is 10.6. The van der Waals surface area contributed by atoms with E-state index in [0.29, 0.717) is 22.8 Å². The Morgan fingerprint density at radius 1 is 1.30 bits per heavy atom. The van der Waals surface area contributed by atoms with Gasteiger partial charge >= 0.3 is 0 Å². The number of hydrogen-bond acceptors (Lipinski definition) is 5. The molecule has 1 aromatic carbocycles. The fourth-order valence-corrected chi connectivity index (χ4v) is 3.94. The van der Waals surface area contributed by atoms with Crippen molar-refractivity contribution in [2.45, 2.75) is 31.8 Å². The van der Waals surface area contributed by atoms with E-state index in [1.165, 1.54) is 0 Å². The minimum absolute atomic E-state index is 0. The maximum atomic E-state index is 10.9. The number of hydrogen-bond donors (Lipinski definition) is 3. The summed E-state index contributed by atoms with van der Waals surface area (Å²) in [6, 6.07) is 5.57. The van der Waals surface area contributed by atoms with Gasteiger partial charge in [0.25, 0.3) is 0 Å². The van der Waals surface area contributed by atoms with Crippen molar-refractivity contribution in [2.75, 3.05) is 26.8 Å². The van der Waals surface area contributed by atoms with Crippen molar-refractivity contribution in [1.29, 1.82) is 0 Å². The first kappa shape index (κ1) is 24.2. The highest BCUT2D eigenvalue weighted by Crippen LogP contribution is 2.39. The number of ether oxygens (including phenoxy) is 1. The van der Waals surface area contributed by atoms with Crippen LogP contribution in [0, 0.1) is 5.41 Å². The summed E-state index contributed by atoms with van der Waals surface area (Å²) in [6.45, 7) is 1.97. The van der Waals surface area contributed by atoms with Crippen LogP contribution in [0.15, 0.2) is 24.4 Å². The summed E-state index contributed by atoms with van der Waals surface area (Å²) in [4.78, 5) is 4.33. The van der Waals surface area contributed by atoms with Crippen molar-refractivity contribution >= 4 is 47.3 Å². The lowest BCUT2D eigenvalue weighted by Crippen LogP contribution is -2.39. The Hall–Kier alpha value is -0.820. The zero-order valence-corrected chi connectivity index (χ0v) is 17.7. The molecule has 3 N–H and O–H groups in total. The van der Waals surface area contributed by atoms with Gasteiger partial charge < -0.3 is 20.3 Å². The predicted octanol–water partition coefficient (Wildman–Crippen LogP) is 3.92. The Labute approximate surface area is 177 Å². The molecule has 1 aromatic heterocycles. The van der Waals surface area contributed by atoms with E-state index in [1.54, 1.807) is 13.3 Å². The third kappa shape index (κ3) is 5.37. The van der Waals surface area contributed by atoms with Crippen LogP contribution in [-0.2, 0) is 0 Å². The molecule has 0 aliphatic carbocycles. The summed E-state index contributed by atoms with van der Waals surface area (Å²) in [5.74, 6) is 0.704. The Bertz CT molecular complexity index is 739. The molecule has 8 heteroatoms. The van der Waals surface area contributed by atoms with E-state index in [-0.39, 0.29) is 36.8 Å². The standard InChI is InChI=1S/C19H25ClN2O3.2ClH/c1-25-13-2-3-16-14(10-13)18(15(20)11-22-16)17(24)4-5-19(12-23)6-8-21-9-7-19;;/h2-3,10-11,17,21,23-24H,4-9,12H2,1H3;2*1H/t17-;;/m1../s1. The Balaban J connectivity index is 0.00000182. The third-order valence-corrected chi connectivity index (χ3v) is 5.65. The van der Waals surface area contributed by atoms with Crippen molar-refractivity contribution in [3.05, 3.63) is 35.0 Å². The molecule has 1 saturated heterocycles. The number of piperidine rings is 1. The molecule has 0 saturated carbocycles. The minimum Gasteiger partial charge on any atom is -0.497 e. The molecule has 3 rings (SSSR count). The minimum atomic E-state index is -0.705. The molecule has 1 fully saturated rings. The number of pyridine rings is 1. The summed E-state index contributed by atoms with van der Waals surface area (Å²) in [5, 5.41) is 25.3. The van der Waals surface area contributed by atoms with E-state index in [1.807, 2.05) is 18.2 Å². The van der Waals surface area contributed by atoms with Crippen LogP contribution in [0.3, 0.4) is 0 Å². The molecule has 0 amide bonds. The molecule has 0 bridgehead atoms. The summed E-state index contributed by atoms with van der Waals surface area (Å²) in [6.07, 6.45) is 4.04. The predicted molar refractivity (Wildman–Crippen MR) is 114 cm³/mol. The zero-order chi connectivity index (χ0) is 17.9. The normalized spacial score (nSPS) is 16.9. The van der Waals surface area contributed by atoms with Crippen LogP contribution in [0.2, 0.25) is 5.02 Å². The first-order valence-corrected chi connectivity index (χ1v) is 9.08. The number of aromatic nitrogens is 1. The zero-order valence-electron chi connectivity index (χ0n) is 15.3. The van der Waals surface area contributed by atoms with Gasteiger partial charge in [0.2, 0.25) is 0 Å². The average molecular weight is 438 g/mol. The van der Waals surface area contributed by atoms with Gasteiger partial charge in [-0.15, -0.1) is 24.8 Å². The highest BCUT2D eigenvalue weighted by atomic mass is 35.5. The summed E-state index contributed by atoms with van der Waals surface area (Å²) in [5.41, 5.74) is 1.35. The van der Waals surface area contributed by atoms with Crippen LogP contribution in [0.5, 0.6) is 5.75 Å². The quantitative estimate of drug-likeness (QED) is 0.639. The lowest BCUT2D eigenvalue weighted by atomic mass is 9.75. The summed E-state index contributed by atoms with van der Waals surface area (Å²) >= 11 is 6.36. The molecule has 0 unspecified atom stereocenters. The number of methoxy groups -OCH3 is 1. The summed E-state index contributed by atoms with van der Waals surface area (Å²) in [7, 11) is 1.61. The maximum Gasteiger partial charge on any atom is 0.119 e. The molecule has 2 aromatic rings. The number of aliphatic hydroxyl groups is 2. The van der Waals surface area contributed by atoms with Gasteiger partial charge in [-0.1, -0.05) is 11.6 Å². The second-order valence-corrected chi connectivity index (χ2v) is 7.27. The van der Waals surface area contributed by atoms with E-state index in [2.05, 4.69) is 10.3 Å². The van der Waals surface area contributed by atoms with E-state index in [4.69, 9.17) is 16.3 Å². The fraction of sp³-hybridized carbons (Fsp3) is 0.526. The van der Waals surface area contributed by atoms with Crippen molar-refractivity contribution in [3.8, 4) is 5.75 Å². The number of nitrogens with one attached hydrogen (secondary N) is 1. The number of halogens is 3. The molecule has 5 nitrogen and oxygen atoms in total. The van der Waals surface area contributed by atoms with Gasteiger partial charge in [0, 0.05) is 23.8 Å². The third-order valence-electron chi connectivity index (χ3n) is 5.35. The van der Waals surface area contributed by atoms with E-state index in [0.717, 1.165) is 43.3 Å². The Morgan fingerprint density at radius 3 is 2.63 bits per heavy atom. The fourth-order valence-electron chi connectivity index (χ4n) is 3.67. The van der Waals surface area contributed by atoms with Crippen LogP contribution < -0.4 is 10.1 Å². The van der Waals surface area contributed by atoms with Gasteiger partial charge in [-0.25, -0.2) is 0 Å².